The van der Waals surface area contributed by atoms with Gasteiger partial charge in [-0.05, 0) is 26.7 Å². The quantitative estimate of drug-likeness (QED) is 0.690. The summed E-state index contributed by atoms with van der Waals surface area (Å²) in [6.07, 6.45) is 4.71. The van der Waals surface area contributed by atoms with Crippen LogP contribution in [0.1, 0.15) is 35.6 Å². The summed E-state index contributed by atoms with van der Waals surface area (Å²) in [5, 5.41) is 1.25. The van der Waals surface area contributed by atoms with Gasteiger partial charge in [-0.2, -0.15) is 0 Å². The molecule has 0 N–H and O–H groups in total. The lowest BCUT2D eigenvalue weighted by Crippen LogP contribution is -2.24. The first-order valence-electron chi connectivity index (χ1n) is 4.81. The first-order chi connectivity index (χ1) is 6.27. The van der Waals surface area contributed by atoms with Crippen molar-refractivity contribution in [2.24, 2.45) is 0 Å². The van der Waals surface area contributed by atoms with Crippen molar-refractivity contribution in [2.75, 3.05) is 6.61 Å². The Bertz CT molecular complexity index is 284. The number of thiazole rings is 1. The Morgan fingerprint density at radius 1 is 1.62 bits per heavy atom. The normalized spacial score (nSPS) is 29.1. The summed E-state index contributed by atoms with van der Waals surface area (Å²) in [4.78, 5) is 5.73. The highest BCUT2D eigenvalue weighted by Gasteiger charge is 2.25. The fourth-order valence-corrected chi connectivity index (χ4v) is 2.79. The minimum absolute atomic E-state index is 0.347. The van der Waals surface area contributed by atoms with Gasteiger partial charge in [0.2, 0.25) is 0 Å². The number of hydrogen-bond acceptors (Lipinski definition) is 3. The van der Waals surface area contributed by atoms with Crippen LogP contribution in [0.2, 0.25) is 0 Å². The average Bonchev–Trinajstić information content (AvgIpc) is 2.53. The second-order valence-corrected chi connectivity index (χ2v) is 4.90. The van der Waals surface area contributed by atoms with Crippen molar-refractivity contribution >= 4 is 11.3 Å². The second-order valence-electron chi connectivity index (χ2n) is 3.63. The van der Waals surface area contributed by atoms with Gasteiger partial charge < -0.3 is 4.74 Å². The molecule has 1 saturated heterocycles. The third kappa shape index (κ3) is 1.92. The maximum Gasteiger partial charge on any atom is 0.0984 e. The van der Waals surface area contributed by atoms with Crippen molar-refractivity contribution < 1.29 is 4.74 Å². The molecule has 1 aliphatic rings. The molecule has 0 aliphatic carbocycles. The van der Waals surface area contributed by atoms with Crippen LogP contribution in [-0.4, -0.2) is 17.7 Å². The van der Waals surface area contributed by atoms with Gasteiger partial charge in [0, 0.05) is 23.6 Å². The first-order valence-corrected chi connectivity index (χ1v) is 5.63. The fourth-order valence-electron chi connectivity index (χ4n) is 1.79. The zero-order valence-corrected chi connectivity index (χ0v) is 8.93. The van der Waals surface area contributed by atoms with Crippen molar-refractivity contribution in [3.8, 4) is 0 Å². The van der Waals surface area contributed by atoms with Crippen molar-refractivity contribution in [1.82, 2.24) is 4.98 Å². The zero-order valence-electron chi connectivity index (χ0n) is 8.12. The maximum atomic E-state index is 5.62. The van der Waals surface area contributed by atoms with Crippen LogP contribution in [0.3, 0.4) is 0 Å². The topological polar surface area (TPSA) is 22.1 Å². The molecule has 0 radical (unpaired) electrons. The molecule has 3 heteroatoms. The van der Waals surface area contributed by atoms with E-state index in [9.17, 15) is 0 Å². The summed E-state index contributed by atoms with van der Waals surface area (Å²) < 4.78 is 5.62. The predicted molar refractivity (Wildman–Crippen MR) is 54.2 cm³/mol. The summed E-state index contributed by atoms with van der Waals surface area (Å²) in [5.41, 5.74) is 0. The molecule has 2 nitrogen and oxygen atoms in total. The minimum atomic E-state index is 0.347. The summed E-state index contributed by atoms with van der Waals surface area (Å²) in [6, 6.07) is 0. The summed E-state index contributed by atoms with van der Waals surface area (Å²) in [5.74, 6) is 0.535. The van der Waals surface area contributed by atoms with E-state index in [4.69, 9.17) is 4.74 Å². The minimum Gasteiger partial charge on any atom is -0.378 e. The monoisotopic (exact) mass is 197 g/mol. The smallest absolute Gasteiger partial charge is 0.0984 e. The van der Waals surface area contributed by atoms with E-state index in [1.165, 1.54) is 22.7 Å². The third-order valence-electron chi connectivity index (χ3n) is 2.56. The first kappa shape index (κ1) is 9.16. The molecule has 1 aromatic rings. The Morgan fingerprint density at radius 3 is 3.08 bits per heavy atom. The van der Waals surface area contributed by atoms with E-state index in [1.807, 2.05) is 6.20 Å². The van der Waals surface area contributed by atoms with Crippen LogP contribution in [-0.2, 0) is 4.74 Å². The van der Waals surface area contributed by atoms with Gasteiger partial charge in [0.1, 0.15) is 0 Å². The second kappa shape index (κ2) is 3.76. The molecule has 2 heterocycles. The molecular formula is C10H15NOS. The van der Waals surface area contributed by atoms with Crippen LogP contribution in [0.15, 0.2) is 6.20 Å². The SMILES string of the molecule is Cc1cnc(C2CCCOC2C)s1. The van der Waals surface area contributed by atoms with E-state index in [2.05, 4.69) is 18.8 Å². The molecule has 2 rings (SSSR count). The summed E-state index contributed by atoms with van der Waals surface area (Å²) in [7, 11) is 0. The van der Waals surface area contributed by atoms with E-state index in [0.717, 1.165) is 6.61 Å². The largest absolute Gasteiger partial charge is 0.378 e. The highest BCUT2D eigenvalue weighted by atomic mass is 32.1. The number of ether oxygens (including phenoxy) is 1. The van der Waals surface area contributed by atoms with E-state index in [-0.39, 0.29) is 0 Å². The van der Waals surface area contributed by atoms with Gasteiger partial charge in [0.25, 0.3) is 0 Å². The number of rotatable bonds is 1. The van der Waals surface area contributed by atoms with Crippen LogP contribution >= 0.6 is 11.3 Å². The Morgan fingerprint density at radius 2 is 2.46 bits per heavy atom. The van der Waals surface area contributed by atoms with E-state index in [1.54, 1.807) is 11.3 Å². The van der Waals surface area contributed by atoms with E-state index < -0.39 is 0 Å². The van der Waals surface area contributed by atoms with Gasteiger partial charge in [0.15, 0.2) is 0 Å². The molecule has 13 heavy (non-hydrogen) atoms. The summed E-state index contributed by atoms with van der Waals surface area (Å²) >= 11 is 1.81. The maximum absolute atomic E-state index is 5.62. The molecule has 72 valence electrons. The van der Waals surface area contributed by atoms with Crippen molar-refractivity contribution in [3.63, 3.8) is 0 Å². The van der Waals surface area contributed by atoms with Crippen LogP contribution in [0, 0.1) is 6.92 Å². The molecule has 0 bridgehead atoms. The molecule has 1 aliphatic heterocycles. The highest BCUT2D eigenvalue weighted by molar-refractivity contribution is 7.11. The van der Waals surface area contributed by atoms with Gasteiger partial charge in [-0.3, -0.25) is 0 Å². The van der Waals surface area contributed by atoms with Crippen molar-refractivity contribution in [2.45, 2.75) is 38.7 Å². The molecule has 0 aromatic carbocycles. The van der Waals surface area contributed by atoms with Gasteiger partial charge in [0.05, 0.1) is 11.1 Å². The van der Waals surface area contributed by atoms with Crippen molar-refractivity contribution in [1.29, 1.82) is 0 Å². The lowest BCUT2D eigenvalue weighted by molar-refractivity contribution is 0.0115. The Hall–Kier alpha value is -0.410. The highest BCUT2D eigenvalue weighted by Crippen LogP contribution is 2.32. The van der Waals surface area contributed by atoms with Crippen LogP contribution < -0.4 is 0 Å². The van der Waals surface area contributed by atoms with Gasteiger partial charge in [-0.1, -0.05) is 0 Å². The average molecular weight is 197 g/mol. The fraction of sp³-hybridized carbons (Fsp3) is 0.700. The molecule has 0 amide bonds. The number of hydrogen-bond donors (Lipinski definition) is 0. The Balaban J connectivity index is 2.14. The molecule has 0 spiro atoms. The Labute approximate surface area is 83.0 Å². The van der Waals surface area contributed by atoms with Gasteiger partial charge >= 0.3 is 0 Å². The van der Waals surface area contributed by atoms with Gasteiger partial charge in [-0.15, -0.1) is 11.3 Å². The molecule has 2 atom stereocenters. The molecule has 0 saturated carbocycles. The molecular weight excluding hydrogens is 182 g/mol. The van der Waals surface area contributed by atoms with Crippen LogP contribution in [0.4, 0.5) is 0 Å². The number of nitrogens with zero attached hydrogens (tertiary/aromatic N) is 1. The Kier molecular flexibility index (Phi) is 2.65. The van der Waals surface area contributed by atoms with Crippen molar-refractivity contribution in [3.05, 3.63) is 16.1 Å². The van der Waals surface area contributed by atoms with Crippen LogP contribution in [0.25, 0.3) is 0 Å². The molecule has 1 fully saturated rings. The van der Waals surface area contributed by atoms with E-state index in [0.29, 0.717) is 12.0 Å². The third-order valence-corrected chi connectivity index (χ3v) is 3.61. The standard InChI is InChI=1S/C10H15NOS/c1-7-6-11-10(13-7)9-4-3-5-12-8(9)2/h6,8-9H,3-5H2,1-2H3. The lowest BCUT2D eigenvalue weighted by Gasteiger charge is -2.27. The van der Waals surface area contributed by atoms with Gasteiger partial charge in [-0.25, -0.2) is 4.98 Å². The zero-order chi connectivity index (χ0) is 9.26. The number of aromatic nitrogens is 1. The predicted octanol–water partition coefficient (Wildman–Crippen LogP) is 2.73. The molecule has 1 aromatic heterocycles. The lowest BCUT2D eigenvalue weighted by atomic mass is 9.96. The summed E-state index contributed by atoms with van der Waals surface area (Å²) in [6.45, 7) is 5.18. The van der Waals surface area contributed by atoms with E-state index >= 15 is 0 Å². The van der Waals surface area contributed by atoms with Crippen LogP contribution in [0.5, 0.6) is 0 Å². The number of aryl methyl sites for hydroxylation is 1. The molecule has 2 unspecified atom stereocenters.